The van der Waals surface area contributed by atoms with Gasteiger partial charge in [-0.15, -0.1) is 0 Å². The maximum absolute atomic E-state index is 12.1. The normalized spacial score (nSPS) is 10.1. The largest absolute Gasteiger partial charge is 0.507 e. The van der Waals surface area contributed by atoms with E-state index in [4.69, 9.17) is 9.47 Å². The number of hydrogen-bond donors (Lipinski definition) is 2. The molecule has 0 aliphatic heterocycles. The average Bonchev–Trinajstić information content (AvgIpc) is 2.54. The van der Waals surface area contributed by atoms with Crippen LogP contribution in [-0.2, 0) is 6.42 Å². The van der Waals surface area contributed by atoms with Gasteiger partial charge in [0.15, 0.2) is 0 Å². The molecule has 0 saturated carbocycles. The second-order valence-electron chi connectivity index (χ2n) is 4.70. The summed E-state index contributed by atoms with van der Waals surface area (Å²) in [6.07, 6.45) is 0.646. The van der Waals surface area contributed by atoms with Gasteiger partial charge in [0.1, 0.15) is 17.2 Å². The molecule has 2 aromatic rings. The van der Waals surface area contributed by atoms with Gasteiger partial charge in [0, 0.05) is 12.6 Å². The Kier molecular flexibility index (Phi) is 5.25. The van der Waals surface area contributed by atoms with Crippen LogP contribution in [0.15, 0.2) is 42.5 Å². The summed E-state index contributed by atoms with van der Waals surface area (Å²) in [4.78, 5) is 12.1. The van der Waals surface area contributed by atoms with Gasteiger partial charge in [-0.2, -0.15) is 0 Å². The zero-order valence-electron chi connectivity index (χ0n) is 12.6. The lowest BCUT2D eigenvalue weighted by atomic mass is 10.1. The highest BCUT2D eigenvalue weighted by atomic mass is 16.5. The Hall–Kier alpha value is -2.69. The number of nitrogens with one attached hydrogen (secondary N) is 1. The van der Waals surface area contributed by atoms with Crippen LogP contribution < -0.4 is 14.8 Å². The Bertz CT molecular complexity index is 655. The number of carbonyl (C=O) groups excluding carboxylic acids is 1. The van der Waals surface area contributed by atoms with Crippen molar-refractivity contribution in [3.63, 3.8) is 0 Å². The van der Waals surface area contributed by atoms with Gasteiger partial charge >= 0.3 is 0 Å². The van der Waals surface area contributed by atoms with Gasteiger partial charge in [0.05, 0.1) is 19.8 Å². The first-order valence-corrected chi connectivity index (χ1v) is 6.92. The van der Waals surface area contributed by atoms with E-state index < -0.39 is 0 Å². The Labute approximate surface area is 129 Å². The number of para-hydroxylation sites is 1. The second-order valence-corrected chi connectivity index (χ2v) is 4.70. The number of carbonyl (C=O) groups is 1. The van der Waals surface area contributed by atoms with Crippen LogP contribution in [0.4, 0.5) is 0 Å². The van der Waals surface area contributed by atoms with Gasteiger partial charge in [0.2, 0.25) is 0 Å². The molecule has 0 aromatic heterocycles. The number of hydrogen-bond acceptors (Lipinski definition) is 4. The number of ether oxygens (including phenoxy) is 2. The first-order valence-electron chi connectivity index (χ1n) is 6.92. The van der Waals surface area contributed by atoms with E-state index >= 15 is 0 Å². The monoisotopic (exact) mass is 301 g/mol. The molecular weight excluding hydrogens is 282 g/mol. The molecule has 0 radical (unpaired) electrons. The van der Waals surface area contributed by atoms with E-state index in [0.717, 1.165) is 11.3 Å². The third kappa shape index (κ3) is 3.69. The van der Waals surface area contributed by atoms with Crippen LogP contribution >= 0.6 is 0 Å². The fourth-order valence-corrected chi connectivity index (χ4v) is 2.15. The van der Waals surface area contributed by atoms with Gasteiger partial charge in [-0.05, 0) is 30.2 Å². The van der Waals surface area contributed by atoms with E-state index in [9.17, 15) is 9.90 Å². The van der Waals surface area contributed by atoms with E-state index in [1.807, 2.05) is 24.3 Å². The van der Waals surface area contributed by atoms with Crippen molar-refractivity contribution in [3.05, 3.63) is 53.6 Å². The molecule has 5 heteroatoms. The molecule has 0 fully saturated rings. The summed E-state index contributed by atoms with van der Waals surface area (Å²) < 4.78 is 10.3. The summed E-state index contributed by atoms with van der Waals surface area (Å²) in [5.74, 6) is 0.872. The zero-order chi connectivity index (χ0) is 15.9. The van der Waals surface area contributed by atoms with Crippen molar-refractivity contribution in [1.29, 1.82) is 0 Å². The van der Waals surface area contributed by atoms with Crippen molar-refractivity contribution in [3.8, 4) is 17.2 Å². The van der Waals surface area contributed by atoms with Crippen LogP contribution in [-0.4, -0.2) is 31.8 Å². The second kappa shape index (κ2) is 7.36. The van der Waals surface area contributed by atoms with E-state index in [1.54, 1.807) is 13.2 Å². The predicted octanol–water partition coefficient (Wildman–Crippen LogP) is 2.38. The zero-order valence-corrected chi connectivity index (χ0v) is 12.6. The van der Waals surface area contributed by atoms with Crippen molar-refractivity contribution in [1.82, 2.24) is 5.32 Å². The van der Waals surface area contributed by atoms with Crippen molar-refractivity contribution in [2.45, 2.75) is 6.42 Å². The first kappa shape index (κ1) is 15.7. The van der Waals surface area contributed by atoms with Gasteiger partial charge < -0.3 is 19.9 Å². The van der Waals surface area contributed by atoms with Gasteiger partial charge in [0.25, 0.3) is 5.91 Å². The lowest BCUT2D eigenvalue weighted by Gasteiger charge is -2.10. The summed E-state index contributed by atoms with van der Waals surface area (Å²) in [6, 6.07) is 12.2. The highest BCUT2D eigenvalue weighted by Crippen LogP contribution is 2.23. The van der Waals surface area contributed by atoms with Crippen LogP contribution in [0, 0.1) is 0 Å². The highest BCUT2D eigenvalue weighted by molar-refractivity contribution is 5.97. The van der Waals surface area contributed by atoms with Crippen LogP contribution in [0.3, 0.4) is 0 Å². The lowest BCUT2D eigenvalue weighted by Crippen LogP contribution is -2.25. The molecule has 1 amide bonds. The molecule has 5 nitrogen and oxygen atoms in total. The minimum absolute atomic E-state index is 0.103. The topological polar surface area (TPSA) is 67.8 Å². The minimum Gasteiger partial charge on any atom is -0.507 e. The summed E-state index contributed by atoms with van der Waals surface area (Å²) in [7, 11) is 3.12. The fourth-order valence-electron chi connectivity index (χ4n) is 2.15. The maximum atomic E-state index is 12.1. The summed E-state index contributed by atoms with van der Waals surface area (Å²) in [5.41, 5.74) is 1.24. The number of methoxy groups -OCH3 is 2. The average molecular weight is 301 g/mol. The van der Waals surface area contributed by atoms with Crippen molar-refractivity contribution < 1.29 is 19.4 Å². The molecule has 2 aromatic carbocycles. The molecule has 0 aliphatic carbocycles. The van der Waals surface area contributed by atoms with Crippen molar-refractivity contribution >= 4 is 5.91 Å². The molecule has 0 saturated heterocycles. The van der Waals surface area contributed by atoms with E-state index in [2.05, 4.69) is 5.32 Å². The molecular formula is C17H19NO4. The third-order valence-electron chi connectivity index (χ3n) is 3.32. The molecule has 0 unspecified atom stereocenters. The molecule has 2 rings (SSSR count). The molecule has 0 bridgehead atoms. The Morgan fingerprint density at radius 2 is 1.91 bits per heavy atom. The molecule has 116 valence electrons. The fraction of sp³-hybridized carbons (Fsp3) is 0.235. The Balaban J connectivity index is 1.96. The number of phenolic OH excluding ortho intramolecular Hbond substituents is 1. The van der Waals surface area contributed by atoms with Gasteiger partial charge in [-0.3, -0.25) is 4.79 Å². The number of amides is 1. The van der Waals surface area contributed by atoms with E-state index in [0.29, 0.717) is 18.7 Å². The van der Waals surface area contributed by atoms with Crippen LogP contribution in [0.5, 0.6) is 17.2 Å². The number of benzene rings is 2. The lowest BCUT2D eigenvalue weighted by molar-refractivity contribution is 0.0951. The quantitative estimate of drug-likeness (QED) is 0.859. The molecule has 0 atom stereocenters. The number of rotatable bonds is 6. The van der Waals surface area contributed by atoms with E-state index in [1.165, 1.54) is 19.2 Å². The summed E-state index contributed by atoms with van der Waals surface area (Å²) >= 11 is 0. The summed E-state index contributed by atoms with van der Waals surface area (Å²) in [6.45, 7) is 0.449. The number of phenols is 1. The van der Waals surface area contributed by atoms with Gasteiger partial charge in [-0.1, -0.05) is 18.2 Å². The highest BCUT2D eigenvalue weighted by Gasteiger charge is 2.11. The Morgan fingerprint density at radius 3 is 2.59 bits per heavy atom. The maximum Gasteiger partial charge on any atom is 0.255 e. The van der Waals surface area contributed by atoms with Crippen LogP contribution in [0.2, 0.25) is 0 Å². The molecule has 0 aliphatic rings. The summed E-state index contributed by atoms with van der Waals surface area (Å²) in [5, 5.41) is 12.6. The first-order chi connectivity index (χ1) is 10.7. The molecule has 22 heavy (non-hydrogen) atoms. The molecule has 0 spiro atoms. The minimum atomic E-state index is -0.324. The van der Waals surface area contributed by atoms with Crippen molar-refractivity contribution in [2.24, 2.45) is 0 Å². The number of aromatic hydroxyl groups is 1. The van der Waals surface area contributed by atoms with Crippen molar-refractivity contribution in [2.75, 3.05) is 20.8 Å². The standard InChI is InChI=1S/C17H19NO4/c1-21-13-7-8-14(15(19)11-13)17(20)18-10-9-12-5-3-4-6-16(12)22-2/h3-8,11,19H,9-10H2,1-2H3,(H,18,20). The smallest absolute Gasteiger partial charge is 0.255 e. The Morgan fingerprint density at radius 1 is 1.14 bits per heavy atom. The van der Waals surface area contributed by atoms with Gasteiger partial charge in [-0.25, -0.2) is 0 Å². The third-order valence-corrected chi connectivity index (χ3v) is 3.32. The van der Waals surface area contributed by atoms with Crippen LogP contribution in [0.1, 0.15) is 15.9 Å². The molecule has 0 heterocycles. The predicted molar refractivity (Wildman–Crippen MR) is 83.7 cm³/mol. The van der Waals surface area contributed by atoms with Crippen LogP contribution in [0.25, 0.3) is 0 Å². The molecule has 2 N–H and O–H groups in total. The van der Waals surface area contributed by atoms with E-state index in [-0.39, 0.29) is 17.2 Å². The SMILES string of the molecule is COc1ccc(C(=O)NCCc2ccccc2OC)c(O)c1.